The van der Waals surface area contributed by atoms with E-state index in [1.165, 1.54) is 11.8 Å². The lowest BCUT2D eigenvalue weighted by molar-refractivity contribution is 0.717. The molecule has 86 valence electrons. The van der Waals surface area contributed by atoms with Gasteiger partial charge in [0.15, 0.2) is 5.16 Å². The highest BCUT2D eigenvalue weighted by Gasteiger charge is 2.09. The molecule has 2 rings (SSSR count). The second-order valence-electron chi connectivity index (χ2n) is 3.36. The van der Waals surface area contributed by atoms with Crippen LogP contribution < -0.4 is 5.73 Å². The fraction of sp³-hybridized carbons (Fsp3) is 0.182. The lowest BCUT2D eigenvalue weighted by atomic mass is 10.2. The minimum atomic E-state index is 0.340. The third kappa shape index (κ3) is 2.77. The Morgan fingerprint density at radius 3 is 2.76 bits per heavy atom. The van der Waals surface area contributed by atoms with Gasteiger partial charge in [-0.05, 0) is 5.56 Å². The van der Waals surface area contributed by atoms with E-state index < -0.39 is 0 Å². The summed E-state index contributed by atoms with van der Waals surface area (Å²) < 4.78 is 1.80. The number of nitrogens with zero attached hydrogens (tertiary/aromatic N) is 4. The highest BCUT2D eigenvalue weighted by molar-refractivity contribution is 7.99. The molecule has 0 saturated carbocycles. The Morgan fingerprint density at radius 1 is 1.29 bits per heavy atom. The van der Waals surface area contributed by atoms with Gasteiger partial charge in [0.1, 0.15) is 0 Å². The Hall–Kier alpha value is -2.00. The molecule has 0 aliphatic rings. The zero-order valence-corrected chi connectivity index (χ0v) is 9.89. The Kier molecular flexibility index (Phi) is 3.62. The van der Waals surface area contributed by atoms with Crippen LogP contribution in [0, 0.1) is 11.3 Å². The molecule has 0 amide bonds. The Balaban J connectivity index is 2.20. The monoisotopic (exact) mass is 245 g/mol. The fourth-order valence-corrected chi connectivity index (χ4v) is 2.02. The van der Waals surface area contributed by atoms with Gasteiger partial charge in [0.25, 0.3) is 0 Å². The first-order chi connectivity index (χ1) is 8.31. The number of hydrogen-bond acceptors (Lipinski definition) is 5. The van der Waals surface area contributed by atoms with Gasteiger partial charge in [0, 0.05) is 0 Å². The number of nitriles is 1. The second kappa shape index (κ2) is 5.37. The van der Waals surface area contributed by atoms with Gasteiger partial charge in [-0.25, -0.2) is 0 Å². The molecule has 6 heteroatoms. The standard InChI is InChI=1S/C11H11N5S/c12-6-7-17-11-15-14-10(13)16(11)8-9-4-2-1-3-5-9/h1-5H,7-8H2,(H2,13,14). The maximum atomic E-state index is 8.56. The Labute approximate surface area is 103 Å². The number of hydrogen-bond donors (Lipinski definition) is 1. The van der Waals surface area contributed by atoms with Crippen LogP contribution in [0.15, 0.2) is 35.5 Å². The minimum absolute atomic E-state index is 0.340. The summed E-state index contributed by atoms with van der Waals surface area (Å²) in [5.74, 6) is 0.710. The molecular weight excluding hydrogens is 234 g/mol. The first-order valence-corrected chi connectivity index (χ1v) is 6.02. The van der Waals surface area contributed by atoms with Gasteiger partial charge >= 0.3 is 0 Å². The number of thioether (sulfide) groups is 1. The first kappa shape index (κ1) is 11.5. The lowest BCUT2D eigenvalue weighted by Crippen LogP contribution is -2.06. The van der Waals surface area contributed by atoms with Crippen LogP contribution in [0.4, 0.5) is 5.95 Å². The number of nitrogens with two attached hydrogens (primary N) is 1. The van der Waals surface area contributed by atoms with E-state index in [1.807, 2.05) is 30.3 Å². The lowest BCUT2D eigenvalue weighted by Gasteiger charge is -2.06. The molecule has 2 N–H and O–H groups in total. The van der Waals surface area contributed by atoms with Crippen LogP contribution in [0.5, 0.6) is 0 Å². The number of nitrogen functional groups attached to an aromatic ring is 1. The van der Waals surface area contributed by atoms with E-state index in [9.17, 15) is 0 Å². The Bertz CT molecular complexity index is 529. The quantitative estimate of drug-likeness (QED) is 0.826. The maximum Gasteiger partial charge on any atom is 0.223 e. The molecule has 2 aromatic rings. The van der Waals surface area contributed by atoms with Gasteiger partial charge in [0.05, 0.1) is 18.4 Å². The largest absolute Gasteiger partial charge is 0.368 e. The second-order valence-corrected chi connectivity index (χ2v) is 4.30. The maximum absolute atomic E-state index is 8.56. The average molecular weight is 245 g/mol. The van der Waals surface area contributed by atoms with Crippen LogP contribution in [0.2, 0.25) is 0 Å². The number of rotatable bonds is 4. The molecule has 0 aliphatic heterocycles. The minimum Gasteiger partial charge on any atom is -0.368 e. The molecule has 0 unspecified atom stereocenters. The molecule has 17 heavy (non-hydrogen) atoms. The number of benzene rings is 1. The van der Waals surface area contributed by atoms with Crippen LogP contribution in [-0.4, -0.2) is 20.5 Å². The van der Waals surface area contributed by atoms with Crippen molar-refractivity contribution >= 4 is 17.7 Å². The highest BCUT2D eigenvalue weighted by Crippen LogP contribution is 2.18. The SMILES string of the molecule is N#CCSc1nnc(N)n1Cc1ccccc1. The van der Waals surface area contributed by atoms with Gasteiger partial charge in [-0.1, -0.05) is 42.1 Å². The average Bonchev–Trinajstić information content (AvgIpc) is 2.70. The summed E-state index contributed by atoms with van der Waals surface area (Å²) >= 11 is 1.34. The summed E-state index contributed by atoms with van der Waals surface area (Å²) in [6.45, 7) is 0.618. The van der Waals surface area contributed by atoms with Gasteiger partial charge < -0.3 is 5.73 Å². The molecule has 1 aromatic carbocycles. The van der Waals surface area contributed by atoms with E-state index in [0.29, 0.717) is 23.4 Å². The van der Waals surface area contributed by atoms with E-state index in [4.69, 9.17) is 11.0 Å². The van der Waals surface area contributed by atoms with Crippen LogP contribution in [0.3, 0.4) is 0 Å². The van der Waals surface area contributed by atoms with Crippen LogP contribution in [0.25, 0.3) is 0 Å². The van der Waals surface area contributed by atoms with Gasteiger partial charge in [-0.2, -0.15) is 5.26 Å². The van der Waals surface area contributed by atoms with Crippen molar-refractivity contribution in [2.24, 2.45) is 0 Å². The Morgan fingerprint density at radius 2 is 2.06 bits per heavy atom. The van der Waals surface area contributed by atoms with Crippen LogP contribution in [-0.2, 0) is 6.54 Å². The van der Waals surface area contributed by atoms with Crippen molar-refractivity contribution in [1.82, 2.24) is 14.8 Å². The van der Waals surface area contributed by atoms with Crippen LogP contribution in [0.1, 0.15) is 5.56 Å². The van der Waals surface area contributed by atoms with Crippen LogP contribution >= 0.6 is 11.8 Å². The summed E-state index contributed by atoms with van der Waals surface area (Å²) in [5.41, 5.74) is 6.88. The molecule has 0 bridgehead atoms. The van der Waals surface area contributed by atoms with E-state index in [2.05, 4.69) is 16.3 Å². The zero-order chi connectivity index (χ0) is 12.1. The zero-order valence-electron chi connectivity index (χ0n) is 9.08. The third-order valence-corrected chi connectivity index (χ3v) is 3.03. The molecule has 1 heterocycles. The first-order valence-electron chi connectivity index (χ1n) is 5.03. The topological polar surface area (TPSA) is 80.5 Å². The summed E-state index contributed by atoms with van der Waals surface area (Å²) in [4.78, 5) is 0. The fourth-order valence-electron chi connectivity index (χ4n) is 1.42. The third-order valence-electron chi connectivity index (χ3n) is 2.19. The molecule has 0 aliphatic carbocycles. The summed E-state index contributed by atoms with van der Waals surface area (Å²) in [5, 5.41) is 17.0. The summed E-state index contributed by atoms with van der Waals surface area (Å²) in [7, 11) is 0. The molecule has 5 nitrogen and oxygen atoms in total. The number of anilines is 1. The van der Waals surface area contributed by atoms with Gasteiger partial charge in [0.2, 0.25) is 5.95 Å². The molecule has 0 radical (unpaired) electrons. The van der Waals surface area contributed by atoms with Crippen molar-refractivity contribution in [3.63, 3.8) is 0 Å². The molecule has 0 spiro atoms. The van der Waals surface area contributed by atoms with Crippen molar-refractivity contribution in [1.29, 1.82) is 5.26 Å². The summed E-state index contributed by atoms with van der Waals surface area (Å²) in [6, 6.07) is 12.0. The van der Waals surface area contributed by atoms with E-state index in [0.717, 1.165) is 5.56 Å². The predicted molar refractivity (Wildman–Crippen MR) is 66.3 cm³/mol. The molecule has 0 fully saturated rings. The summed E-state index contributed by atoms with van der Waals surface area (Å²) in [6.07, 6.45) is 0. The molecule has 0 atom stereocenters. The van der Waals surface area contributed by atoms with Crippen molar-refractivity contribution < 1.29 is 0 Å². The van der Waals surface area contributed by atoms with Gasteiger partial charge in [-0.15, -0.1) is 10.2 Å². The highest BCUT2D eigenvalue weighted by atomic mass is 32.2. The van der Waals surface area contributed by atoms with Crippen molar-refractivity contribution in [3.8, 4) is 6.07 Å². The van der Waals surface area contributed by atoms with Crippen molar-refractivity contribution in [2.75, 3.05) is 11.5 Å². The predicted octanol–water partition coefficient (Wildman–Crippen LogP) is 1.52. The molecule has 1 aromatic heterocycles. The molecular formula is C11H11N5S. The van der Waals surface area contributed by atoms with E-state index in [-0.39, 0.29) is 0 Å². The normalized spacial score (nSPS) is 10.1. The van der Waals surface area contributed by atoms with E-state index >= 15 is 0 Å². The van der Waals surface area contributed by atoms with E-state index in [1.54, 1.807) is 4.57 Å². The van der Waals surface area contributed by atoms with Crippen molar-refractivity contribution in [2.45, 2.75) is 11.7 Å². The number of aromatic nitrogens is 3. The van der Waals surface area contributed by atoms with Gasteiger partial charge in [-0.3, -0.25) is 4.57 Å². The van der Waals surface area contributed by atoms with Crippen molar-refractivity contribution in [3.05, 3.63) is 35.9 Å². The smallest absolute Gasteiger partial charge is 0.223 e. The molecule has 0 saturated heterocycles.